The van der Waals surface area contributed by atoms with Crippen molar-refractivity contribution in [1.29, 1.82) is 0 Å². The Balaban J connectivity index is 0.000000330. The number of carbonyl (C=O) groups excluding carboxylic acids is 1. The predicted molar refractivity (Wildman–Crippen MR) is 45.7 cm³/mol. The molecule has 1 saturated heterocycles. The minimum atomic E-state index is -0.406. The number of hydrogen-bond donors (Lipinski definition) is 1. The lowest BCUT2D eigenvalue weighted by Crippen LogP contribution is -2.28. The smallest absolute Gasteiger partial charge is 0.320 e. The second-order valence-corrected chi connectivity index (χ2v) is 3.40. The van der Waals surface area contributed by atoms with E-state index in [0.29, 0.717) is 0 Å². The molecule has 0 bridgehead atoms. The molecular formula is C8H17NO3. The minimum Gasteiger partial charge on any atom is -0.459 e. The largest absolute Gasteiger partial charge is 0.459 e. The Morgan fingerprint density at radius 1 is 1.50 bits per heavy atom. The van der Waals surface area contributed by atoms with Gasteiger partial charge in [-0.3, -0.25) is 4.79 Å². The van der Waals surface area contributed by atoms with Crippen LogP contribution in [0.4, 0.5) is 0 Å². The van der Waals surface area contributed by atoms with Crippen molar-refractivity contribution in [1.82, 2.24) is 0 Å². The van der Waals surface area contributed by atoms with E-state index in [0.717, 1.165) is 13.2 Å². The summed E-state index contributed by atoms with van der Waals surface area (Å²) in [6, 6.07) is 0. The maximum atomic E-state index is 10.5. The molecule has 0 spiro atoms. The molecule has 2 N–H and O–H groups in total. The molecule has 0 aromatic heterocycles. The van der Waals surface area contributed by atoms with Gasteiger partial charge in [-0.05, 0) is 20.8 Å². The molecule has 0 aliphatic carbocycles. The molecule has 0 aromatic rings. The van der Waals surface area contributed by atoms with Crippen molar-refractivity contribution in [2.45, 2.75) is 26.4 Å². The molecule has 1 fully saturated rings. The minimum absolute atomic E-state index is 0.0444. The van der Waals surface area contributed by atoms with E-state index in [2.05, 4.69) is 4.74 Å². The summed E-state index contributed by atoms with van der Waals surface area (Å²) in [6.45, 7) is 7.37. The van der Waals surface area contributed by atoms with Crippen molar-refractivity contribution in [3.8, 4) is 0 Å². The number of esters is 1. The Kier molecular flexibility index (Phi) is 4.85. The third kappa shape index (κ3) is 12.1. The van der Waals surface area contributed by atoms with Gasteiger partial charge in [-0.1, -0.05) is 0 Å². The van der Waals surface area contributed by atoms with Crippen LogP contribution in [0, 0.1) is 0 Å². The number of rotatable bonds is 1. The van der Waals surface area contributed by atoms with Gasteiger partial charge in [0.05, 0.1) is 19.8 Å². The lowest BCUT2D eigenvalue weighted by Gasteiger charge is -2.18. The molecule has 1 aliphatic heterocycles. The van der Waals surface area contributed by atoms with Crippen LogP contribution < -0.4 is 5.73 Å². The highest BCUT2D eigenvalue weighted by Gasteiger charge is 2.13. The van der Waals surface area contributed by atoms with Gasteiger partial charge in [0.25, 0.3) is 0 Å². The quantitative estimate of drug-likeness (QED) is 0.460. The van der Waals surface area contributed by atoms with E-state index in [-0.39, 0.29) is 12.5 Å². The van der Waals surface area contributed by atoms with Crippen LogP contribution >= 0.6 is 0 Å². The highest BCUT2D eigenvalue weighted by Crippen LogP contribution is 2.05. The first kappa shape index (κ1) is 11.4. The summed E-state index contributed by atoms with van der Waals surface area (Å²) in [7, 11) is 0. The second kappa shape index (κ2) is 5.11. The zero-order valence-electron chi connectivity index (χ0n) is 7.92. The molecule has 0 amide bonds. The highest BCUT2D eigenvalue weighted by molar-refractivity contribution is 5.71. The third-order valence-corrected chi connectivity index (χ3v) is 0.791. The van der Waals surface area contributed by atoms with Gasteiger partial charge in [0.2, 0.25) is 0 Å². The molecule has 4 nitrogen and oxygen atoms in total. The lowest BCUT2D eigenvalue weighted by molar-refractivity contribution is -0.152. The zero-order valence-corrected chi connectivity index (χ0v) is 7.92. The molecule has 1 rings (SSSR count). The van der Waals surface area contributed by atoms with Crippen LogP contribution in [0.25, 0.3) is 0 Å². The van der Waals surface area contributed by atoms with E-state index in [1.807, 2.05) is 0 Å². The fraction of sp³-hybridized carbons (Fsp3) is 0.875. The van der Waals surface area contributed by atoms with Gasteiger partial charge >= 0.3 is 5.97 Å². The van der Waals surface area contributed by atoms with Crippen LogP contribution in [-0.4, -0.2) is 31.3 Å². The molecule has 1 aliphatic rings. The second-order valence-electron chi connectivity index (χ2n) is 3.40. The fourth-order valence-corrected chi connectivity index (χ4v) is 0.383. The first-order chi connectivity index (χ1) is 5.45. The van der Waals surface area contributed by atoms with Crippen LogP contribution in [0.5, 0.6) is 0 Å². The van der Waals surface area contributed by atoms with Gasteiger partial charge in [-0.15, -0.1) is 0 Å². The SMILES string of the molecule is C1CO1.CC(C)(C)OC(=O)CN. The van der Waals surface area contributed by atoms with E-state index >= 15 is 0 Å². The zero-order chi connectivity index (χ0) is 9.61. The van der Waals surface area contributed by atoms with Crippen LogP contribution in [0.3, 0.4) is 0 Å². The van der Waals surface area contributed by atoms with Crippen molar-refractivity contribution in [3.63, 3.8) is 0 Å². The standard InChI is InChI=1S/C6H13NO2.C2H4O/c1-6(2,3)9-5(8)4-7;1-2-3-1/h4,7H2,1-3H3;1-2H2. The Hall–Kier alpha value is -0.610. The molecule has 0 radical (unpaired) electrons. The monoisotopic (exact) mass is 175 g/mol. The van der Waals surface area contributed by atoms with Crippen molar-refractivity contribution >= 4 is 5.97 Å². The summed E-state index contributed by atoms with van der Waals surface area (Å²) < 4.78 is 9.32. The number of epoxide rings is 1. The van der Waals surface area contributed by atoms with E-state index in [9.17, 15) is 4.79 Å². The number of ether oxygens (including phenoxy) is 2. The van der Waals surface area contributed by atoms with E-state index in [4.69, 9.17) is 10.5 Å². The molecule has 72 valence electrons. The summed E-state index contributed by atoms with van der Waals surface area (Å²) in [5.41, 5.74) is 4.60. The van der Waals surface area contributed by atoms with Gasteiger partial charge in [-0.2, -0.15) is 0 Å². The molecule has 0 saturated carbocycles. The molecule has 1 heterocycles. The lowest BCUT2D eigenvalue weighted by atomic mass is 10.2. The summed E-state index contributed by atoms with van der Waals surface area (Å²) in [5, 5.41) is 0. The fourth-order valence-electron chi connectivity index (χ4n) is 0.383. The first-order valence-corrected chi connectivity index (χ1v) is 3.95. The molecule has 0 aromatic carbocycles. The molecule has 0 atom stereocenters. The highest BCUT2D eigenvalue weighted by atomic mass is 16.6. The van der Waals surface area contributed by atoms with E-state index < -0.39 is 5.60 Å². The molecule has 4 heteroatoms. The number of carbonyl (C=O) groups is 1. The van der Waals surface area contributed by atoms with Crippen LogP contribution in [0.2, 0.25) is 0 Å². The third-order valence-electron chi connectivity index (χ3n) is 0.791. The van der Waals surface area contributed by atoms with Crippen molar-refractivity contribution in [2.75, 3.05) is 19.8 Å². The van der Waals surface area contributed by atoms with E-state index in [1.54, 1.807) is 20.8 Å². The van der Waals surface area contributed by atoms with Crippen molar-refractivity contribution < 1.29 is 14.3 Å². The Labute approximate surface area is 73.0 Å². The summed E-state index contributed by atoms with van der Waals surface area (Å²) in [5.74, 6) is -0.359. The maximum absolute atomic E-state index is 10.5. The number of hydrogen-bond acceptors (Lipinski definition) is 4. The first-order valence-electron chi connectivity index (χ1n) is 3.95. The molecule has 0 unspecified atom stereocenters. The normalized spacial score (nSPS) is 14.3. The Morgan fingerprint density at radius 2 is 1.92 bits per heavy atom. The summed E-state index contributed by atoms with van der Waals surface area (Å²) in [6.07, 6.45) is 0. The van der Waals surface area contributed by atoms with Crippen LogP contribution in [0.15, 0.2) is 0 Å². The van der Waals surface area contributed by atoms with Crippen molar-refractivity contribution in [2.24, 2.45) is 5.73 Å². The average Bonchev–Trinajstić information content (AvgIpc) is 2.67. The maximum Gasteiger partial charge on any atom is 0.320 e. The number of nitrogens with two attached hydrogens (primary N) is 1. The Morgan fingerprint density at radius 3 is 2.00 bits per heavy atom. The summed E-state index contributed by atoms with van der Waals surface area (Å²) >= 11 is 0. The van der Waals surface area contributed by atoms with Crippen LogP contribution in [-0.2, 0) is 14.3 Å². The molecule has 12 heavy (non-hydrogen) atoms. The van der Waals surface area contributed by atoms with Gasteiger partial charge in [0.1, 0.15) is 5.60 Å². The summed E-state index contributed by atoms with van der Waals surface area (Å²) in [4.78, 5) is 10.5. The average molecular weight is 175 g/mol. The predicted octanol–water partition coefficient (Wildman–Crippen LogP) is 0.303. The van der Waals surface area contributed by atoms with E-state index in [1.165, 1.54) is 0 Å². The van der Waals surface area contributed by atoms with Gasteiger partial charge < -0.3 is 15.2 Å². The van der Waals surface area contributed by atoms with Gasteiger partial charge in [-0.25, -0.2) is 0 Å². The van der Waals surface area contributed by atoms with Crippen molar-refractivity contribution in [3.05, 3.63) is 0 Å². The Bertz CT molecular complexity index is 135. The van der Waals surface area contributed by atoms with Gasteiger partial charge in [0.15, 0.2) is 0 Å². The molecular weight excluding hydrogens is 158 g/mol. The van der Waals surface area contributed by atoms with Crippen LogP contribution in [0.1, 0.15) is 20.8 Å². The van der Waals surface area contributed by atoms with Gasteiger partial charge in [0, 0.05) is 0 Å². The topological polar surface area (TPSA) is 64.8 Å².